The van der Waals surface area contributed by atoms with Gasteiger partial charge in [-0.05, 0) is 35.4 Å². The van der Waals surface area contributed by atoms with Crippen molar-refractivity contribution in [3.05, 3.63) is 133 Å². The van der Waals surface area contributed by atoms with Gasteiger partial charge in [0, 0.05) is 30.0 Å². The summed E-state index contributed by atoms with van der Waals surface area (Å²) < 4.78 is 23.9. The number of carboxylic acid groups (broad SMARTS) is 1. The first kappa shape index (κ1) is 29.3. The van der Waals surface area contributed by atoms with Gasteiger partial charge in [0.05, 0.1) is 32.0 Å². The van der Waals surface area contributed by atoms with Gasteiger partial charge in [-0.15, -0.1) is 0 Å². The standard InChI is InChI=1S/C37H34O6/c38-37(39)30-25-31(40-21-11-23-42-35-19-9-7-17-33(35)28-13-3-1-4-14-28)27-32(26-30)41-22-12-24-43-36-20-10-8-18-34(36)29-15-5-2-6-16-29/h1-10,13-20,25-27H,11-12,21-24H2,(H,38,39). The monoisotopic (exact) mass is 574 g/mol. The van der Waals surface area contributed by atoms with Crippen molar-refractivity contribution in [1.82, 2.24) is 0 Å². The lowest BCUT2D eigenvalue weighted by molar-refractivity contribution is 0.0695. The fraction of sp³-hybridized carbons (Fsp3) is 0.162. The van der Waals surface area contributed by atoms with E-state index in [1.165, 1.54) is 12.1 Å². The van der Waals surface area contributed by atoms with Crippen LogP contribution in [0.5, 0.6) is 23.0 Å². The molecule has 0 aromatic heterocycles. The van der Waals surface area contributed by atoms with Crippen molar-refractivity contribution in [1.29, 1.82) is 0 Å². The van der Waals surface area contributed by atoms with E-state index in [1.54, 1.807) is 6.07 Å². The van der Waals surface area contributed by atoms with E-state index in [9.17, 15) is 9.90 Å². The maximum absolute atomic E-state index is 11.7. The van der Waals surface area contributed by atoms with Crippen LogP contribution in [0.3, 0.4) is 0 Å². The molecule has 0 unspecified atom stereocenters. The van der Waals surface area contributed by atoms with Gasteiger partial charge in [0.1, 0.15) is 23.0 Å². The Morgan fingerprint density at radius 2 is 0.884 bits per heavy atom. The average Bonchev–Trinajstić information content (AvgIpc) is 3.05. The van der Waals surface area contributed by atoms with Crippen LogP contribution in [0, 0.1) is 0 Å². The minimum atomic E-state index is -1.04. The Morgan fingerprint density at radius 1 is 0.488 bits per heavy atom. The third-order valence-corrected chi connectivity index (χ3v) is 6.70. The molecule has 6 nitrogen and oxygen atoms in total. The molecule has 0 spiro atoms. The molecule has 5 aromatic rings. The Balaban J connectivity index is 1.10. The lowest BCUT2D eigenvalue weighted by Crippen LogP contribution is -2.08. The summed E-state index contributed by atoms with van der Waals surface area (Å²) >= 11 is 0. The van der Waals surface area contributed by atoms with Crippen LogP contribution in [0.4, 0.5) is 0 Å². The molecule has 0 aliphatic heterocycles. The number of rotatable bonds is 15. The van der Waals surface area contributed by atoms with E-state index in [4.69, 9.17) is 18.9 Å². The van der Waals surface area contributed by atoms with Crippen molar-refractivity contribution in [2.75, 3.05) is 26.4 Å². The summed E-state index contributed by atoms with van der Waals surface area (Å²) in [5.41, 5.74) is 4.36. The number of carbonyl (C=O) groups is 1. The molecule has 0 heterocycles. The number of hydrogen-bond acceptors (Lipinski definition) is 5. The Morgan fingerprint density at radius 3 is 1.33 bits per heavy atom. The number of para-hydroxylation sites is 2. The predicted molar refractivity (Wildman–Crippen MR) is 168 cm³/mol. The minimum Gasteiger partial charge on any atom is -0.493 e. The van der Waals surface area contributed by atoms with Crippen LogP contribution in [-0.2, 0) is 0 Å². The second kappa shape index (κ2) is 15.1. The Bertz CT molecular complexity index is 1490. The molecule has 0 aliphatic rings. The molecule has 0 fully saturated rings. The molecule has 218 valence electrons. The molecule has 0 saturated carbocycles. The second-order valence-corrected chi connectivity index (χ2v) is 9.82. The first-order valence-corrected chi connectivity index (χ1v) is 14.4. The molecular formula is C37H34O6. The molecular weight excluding hydrogens is 540 g/mol. The molecule has 0 radical (unpaired) electrons. The molecule has 0 bridgehead atoms. The Hall–Kier alpha value is -5.23. The molecule has 0 saturated heterocycles. The van der Waals surface area contributed by atoms with Crippen molar-refractivity contribution in [3.63, 3.8) is 0 Å². The van der Waals surface area contributed by atoms with E-state index in [-0.39, 0.29) is 5.56 Å². The van der Waals surface area contributed by atoms with E-state index >= 15 is 0 Å². The van der Waals surface area contributed by atoms with E-state index in [2.05, 4.69) is 24.3 Å². The zero-order valence-electron chi connectivity index (χ0n) is 23.9. The number of ether oxygens (including phenoxy) is 4. The summed E-state index contributed by atoms with van der Waals surface area (Å²) in [6.07, 6.45) is 1.25. The summed E-state index contributed by atoms with van der Waals surface area (Å²) in [6.45, 7) is 1.65. The van der Waals surface area contributed by atoms with Gasteiger partial charge >= 0.3 is 5.97 Å². The topological polar surface area (TPSA) is 74.2 Å². The van der Waals surface area contributed by atoms with E-state index in [0.29, 0.717) is 50.8 Å². The Labute approximate surface area is 252 Å². The number of benzene rings is 5. The molecule has 6 heteroatoms. The SMILES string of the molecule is O=C(O)c1cc(OCCCOc2ccccc2-c2ccccc2)cc(OCCCOc2ccccc2-c2ccccc2)c1. The lowest BCUT2D eigenvalue weighted by Gasteiger charge is -2.14. The summed E-state index contributed by atoms with van der Waals surface area (Å²) in [6, 6.07) is 40.8. The molecule has 1 N–H and O–H groups in total. The summed E-state index contributed by atoms with van der Waals surface area (Å²) in [5, 5.41) is 9.59. The van der Waals surface area contributed by atoms with E-state index in [0.717, 1.165) is 33.8 Å². The molecule has 43 heavy (non-hydrogen) atoms. The summed E-state index contributed by atoms with van der Waals surface area (Å²) in [7, 11) is 0. The van der Waals surface area contributed by atoms with Gasteiger partial charge in [-0.3, -0.25) is 0 Å². The third kappa shape index (κ3) is 8.39. The molecule has 0 aliphatic carbocycles. The quantitative estimate of drug-likeness (QED) is 0.127. The van der Waals surface area contributed by atoms with Gasteiger partial charge < -0.3 is 24.1 Å². The van der Waals surface area contributed by atoms with Gasteiger partial charge in [0.2, 0.25) is 0 Å². The van der Waals surface area contributed by atoms with Crippen LogP contribution in [-0.4, -0.2) is 37.5 Å². The smallest absolute Gasteiger partial charge is 0.335 e. The third-order valence-electron chi connectivity index (χ3n) is 6.70. The second-order valence-electron chi connectivity index (χ2n) is 9.82. The van der Waals surface area contributed by atoms with Crippen molar-refractivity contribution in [2.24, 2.45) is 0 Å². The fourth-order valence-corrected chi connectivity index (χ4v) is 4.62. The lowest BCUT2D eigenvalue weighted by atomic mass is 10.1. The van der Waals surface area contributed by atoms with Gasteiger partial charge in [-0.25, -0.2) is 4.79 Å². The highest BCUT2D eigenvalue weighted by Crippen LogP contribution is 2.31. The summed E-state index contributed by atoms with van der Waals surface area (Å²) in [4.78, 5) is 11.7. The van der Waals surface area contributed by atoms with Crippen molar-refractivity contribution in [2.45, 2.75) is 12.8 Å². The largest absolute Gasteiger partial charge is 0.493 e. The van der Waals surface area contributed by atoms with Gasteiger partial charge in [0.25, 0.3) is 0 Å². The highest BCUT2D eigenvalue weighted by Gasteiger charge is 2.11. The van der Waals surface area contributed by atoms with Gasteiger partial charge in [0.15, 0.2) is 0 Å². The molecule has 5 aromatic carbocycles. The molecule has 0 amide bonds. The van der Waals surface area contributed by atoms with Crippen LogP contribution >= 0.6 is 0 Å². The van der Waals surface area contributed by atoms with Crippen LogP contribution in [0.2, 0.25) is 0 Å². The average molecular weight is 575 g/mol. The van der Waals surface area contributed by atoms with Crippen LogP contribution in [0.1, 0.15) is 23.2 Å². The summed E-state index contributed by atoms with van der Waals surface area (Å²) in [5.74, 6) is 1.45. The molecule has 5 rings (SSSR count). The van der Waals surface area contributed by atoms with Crippen LogP contribution in [0.15, 0.2) is 127 Å². The van der Waals surface area contributed by atoms with Crippen molar-refractivity contribution >= 4 is 5.97 Å². The number of carboxylic acids is 1. The van der Waals surface area contributed by atoms with Gasteiger partial charge in [-0.2, -0.15) is 0 Å². The van der Waals surface area contributed by atoms with Gasteiger partial charge in [-0.1, -0.05) is 97.1 Å². The minimum absolute atomic E-state index is 0.105. The van der Waals surface area contributed by atoms with Crippen molar-refractivity contribution in [3.8, 4) is 45.3 Å². The number of aromatic carboxylic acids is 1. The highest BCUT2D eigenvalue weighted by molar-refractivity contribution is 5.88. The van der Waals surface area contributed by atoms with E-state index in [1.807, 2.05) is 84.9 Å². The first-order chi connectivity index (χ1) is 21.2. The first-order valence-electron chi connectivity index (χ1n) is 14.4. The normalized spacial score (nSPS) is 10.6. The fourth-order valence-electron chi connectivity index (χ4n) is 4.62. The Kier molecular flexibility index (Phi) is 10.3. The van der Waals surface area contributed by atoms with Crippen molar-refractivity contribution < 1.29 is 28.8 Å². The number of hydrogen-bond donors (Lipinski definition) is 1. The van der Waals surface area contributed by atoms with E-state index < -0.39 is 5.97 Å². The van der Waals surface area contributed by atoms with Crippen LogP contribution < -0.4 is 18.9 Å². The maximum Gasteiger partial charge on any atom is 0.335 e. The maximum atomic E-state index is 11.7. The predicted octanol–water partition coefficient (Wildman–Crippen LogP) is 8.41. The molecule has 0 atom stereocenters. The van der Waals surface area contributed by atoms with Crippen LogP contribution in [0.25, 0.3) is 22.3 Å². The highest BCUT2D eigenvalue weighted by atomic mass is 16.5. The zero-order valence-corrected chi connectivity index (χ0v) is 23.9. The zero-order chi connectivity index (χ0) is 29.7.